The van der Waals surface area contributed by atoms with E-state index in [1.165, 1.54) is 21.5 Å². The molecule has 0 aliphatic rings. The molecule has 0 saturated carbocycles. The van der Waals surface area contributed by atoms with Crippen molar-refractivity contribution in [1.29, 1.82) is 0 Å². The maximum Gasteiger partial charge on any atom is 0.137 e. The van der Waals surface area contributed by atoms with Crippen LogP contribution in [0, 0.1) is 0 Å². The lowest BCUT2D eigenvalue weighted by Crippen LogP contribution is -1.96. The van der Waals surface area contributed by atoms with E-state index in [0.29, 0.717) is 0 Å². The number of aromatic nitrogens is 4. The summed E-state index contributed by atoms with van der Waals surface area (Å²) in [4.78, 5) is 15.8. The van der Waals surface area contributed by atoms with Crippen LogP contribution in [0.4, 0.5) is 0 Å². The Labute approximate surface area is 257 Å². The van der Waals surface area contributed by atoms with E-state index in [-0.39, 0.29) is 0 Å². The standard InChI is InChI=1S/C41H24N4/c1-2-12-27(13-3-1)37-38(44-39-30-15-7-5-11-26(30)19-22-34(39)42-37)28-18-20-31-33(24-28)36-29-14-6-4-10-25(29)17-21-32(36)40-41(31)45-23-9-8-16-35(45)43-40/h1-24H. The van der Waals surface area contributed by atoms with Crippen molar-refractivity contribution >= 4 is 70.8 Å². The zero-order valence-electron chi connectivity index (χ0n) is 24.1. The van der Waals surface area contributed by atoms with E-state index >= 15 is 0 Å². The van der Waals surface area contributed by atoms with Crippen molar-refractivity contribution in [1.82, 2.24) is 19.4 Å². The van der Waals surface area contributed by atoms with Crippen LogP contribution >= 0.6 is 0 Å². The number of rotatable bonds is 2. The van der Waals surface area contributed by atoms with Gasteiger partial charge in [0, 0.05) is 33.5 Å². The van der Waals surface area contributed by atoms with Crippen LogP contribution in [0.1, 0.15) is 0 Å². The van der Waals surface area contributed by atoms with Gasteiger partial charge in [-0.1, -0.05) is 115 Å². The van der Waals surface area contributed by atoms with Crippen molar-refractivity contribution in [2.24, 2.45) is 0 Å². The molecule has 0 atom stereocenters. The van der Waals surface area contributed by atoms with Gasteiger partial charge in [0.2, 0.25) is 0 Å². The maximum atomic E-state index is 5.42. The average Bonchev–Trinajstić information content (AvgIpc) is 3.51. The highest BCUT2D eigenvalue weighted by Gasteiger charge is 2.19. The highest BCUT2D eigenvalue weighted by atomic mass is 15.0. The zero-order valence-corrected chi connectivity index (χ0v) is 24.1. The average molecular weight is 573 g/mol. The summed E-state index contributed by atoms with van der Waals surface area (Å²) in [5.41, 5.74) is 8.71. The van der Waals surface area contributed by atoms with E-state index in [0.717, 1.165) is 71.8 Å². The second-order valence-electron chi connectivity index (χ2n) is 11.6. The molecular weight excluding hydrogens is 548 g/mol. The fourth-order valence-corrected chi connectivity index (χ4v) is 7.09. The minimum atomic E-state index is 0.874. The van der Waals surface area contributed by atoms with Crippen molar-refractivity contribution < 1.29 is 0 Å². The Kier molecular flexibility index (Phi) is 4.96. The summed E-state index contributed by atoms with van der Waals surface area (Å²) in [5.74, 6) is 0. The molecule has 3 heterocycles. The lowest BCUT2D eigenvalue weighted by molar-refractivity contribution is 1.23. The predicted octanol–water partition coefficient (Wildman–Crippen LogP) is 10.4. The van der Waals surface area contributed by atoms with Gasteiger partial charge in [-0.2, -0.15) is 0 Å². The first-order chi connectivity index (χ1) is 22.3. The third kappa shape index (κ3) is 3.51. The monoisotopic (exact) mass is 572 g/mol. The lowest BCUT2D eigenvalue weighted by atomic mass is 9.92. The maximum absolute atomic E-state index is 5.42. The van der Waals surface area contributed by atoms with Crippen LogP contribution in [0.3, 0.4) is 0 Å². The van der Waals surface area contributed by atoms with Crippen molar-refractivity contribution in [2.45, 2.75) is 0 Å². The van der Waals surface area contributed by atoms with Crippen molar-refractivity contribution in [2.75, 3.05) is 0 Å². The molecular formula is C41H24N4. The molecule has 0 unspecified atom stereocenters. The smallest absolute Gasteiger partial charge is 0.137 e. The third-order valence-corrected chi connectivity index (χ3v) is 9.14. The molecule has 0 amide bonds. The van der Waals surface area contributed by atoms with Gasteiger partial charge >= 0.3 is 0 Å². The van der Waals surface area contributed by atoms with Crippen LogP contribution in [-0.2, 0) is 0 Å². The Morgan fingerprint density at radius 3 is 2.02 bits per heavy atom. The second kappa shape index (κ2) is 9.18. The molecule has 45 heavy (non-hydrogen) atoms. The molecule has 0 radical (unpaired) electrons. The minimum absolute atomic E-state index is 0.874. The fraction of sp³-hybridized carbons (Fsp3) is 0. The van der Waals surface area contributed by atoms with Gasteiger partial charge in [-0.25, -0.2) is 15.0 Å². The molecule has 7 aromatic carbocycles. The summed E-state index contributed by atoms with van der Waals surface area (Å²) in [6.45, 7) is 0. The van der Waals surface area contributed by atoms with Gasteiger partial charge in [-0.3, -0.25) is 4.40 Å². The largest absolute Gasteiger partial charge is 0.299 e. The zero-order chi connectivity index (χ0) is 29.5. The molecule has 10 aromatic rings. The predicted molar refractivity (Wildman–Crippen MR) is 187 cm³/mol. The van der Waals surface area contributed by atoms with Crippen LogP contribution in [-0.4, -0.2) is 19.4 Å². The van der Waals surface area contributed by atoms with Gasteiger partial charge in [0.15, 0.2) is 0 Å². The summed E-state index contributed by atoms with van der Waals surface area (Å²) in [5, 5.41) is 9.39. The molecule has 0 aliphatic carbocycles. The second-order valence-corrected chi connectivity index (χ2v) is 11.6. The molecule has 208 valence electrons. The van der Waals surface area contributed by atoms with Gasteiger partial charge in [-0.15, -0.1) is 0 Å². The molecule has 3 aromatic heterocycles. The molecule has 0 aliphatic heterocycles. The lowest BCUT2D eigenvalue weighted by Gasteiger charge is -2.14. The van der Waals surface area contributed by atoms with Gasteiger partial charge in [0.25, 0.3) is 0 Å². The van der Waals surface area contributed by atoms with Crippen LogP contribution in [0.25, 0.3) is 93.3 Å². The van der Waals surface area contributed by atoms with E-state index in [1.807, 2.05) is 12.1 Å². The van der Waals surface area contributed by atoms with Crippen molar-refractivity contribution in [3.8, 4) is 22.5 Å². The van der Waals surface area contributed by atoms with E-state index in [1.54, 1.807) is 0 Å². The third-order valence-electron chi connectivity index (χ3n) is 9.14. The molecule has 0 N–H and O–H groups in total. The summed E-state index contributed by atoms with van der Waals surface area (Å²) < 4.78 is 2.21. The highest BCUT2D eigenvalue weighted by molar-refractivity contribution is 6.31. The minimum Gasteiger partial charge on any atom is -0.299 e. The topological polar surface area (TPSA) is 43.1 Å². The fourth-order valence-electron chi connectivity index (χ4n) is 7.09. The first-order valence-electron chi connectivity index (χ1n) is 15.2. The normalized spacial score (nSPS) is 12.0. The molecule has 4 heteroatoms. The van der Waals surface area contributed by atoms with E-state index in [2.05, 4.69) is 138 Å². The number of hydrogen-bond acceptors (Lipinski definition) is 3. The Hall–Kier alpha value is -6.13. The van der Waals surface area contributed by atoms with Crippen LogP contribution < -0.4 is 0 Å². The van der Waals surface area contributed by atoms with E-state index in [9.17, 15) is 0 Å². The Balaban J connectivity index is 1.38. The van der Waals surface area contributed by atoms with Gasteiger partial charge in [0.05, 0.1) is 33.5 Å². The first-order valence-corrected chi connectivity index (χ1v) is 15.2. The summed E-state index contributed by atoms with van der Waals surface area (Å²) in [6.07, 6.45) is 2.11. The molecule has 0 saturated heterocycles. The quantitative estimate of drug-likeness (QED) is 0.194. The summed E-state index contributed by atoms with van der Waals surface area (Å²) >= 11 is 0. The highest BCUT2D eigenvalue weighted by Crippen LogP contribution is 2.42. The molecule has 4 nitrogen and oxygen atoms in total. The van der Waals surface area contributed by atoms with E-state index < -0.39 is 0 Å². The van der Waals surface area contributed by atoms with Crippen LogP contribution in [0.5, 0.6) is 0 Å². The van der Waals surface area contributed by atoms with Crippen LogP contribution in [0.2, 0.25) is 0 Å². The SMILES string of the molecule is c1ccc(-c2nc3ccc4ccccc4c3nc2-c2ccc3c(c2)c2c4ccccc4ccc2c2nc4ccccn4c32)cc1. The Morgan fingerprint density at radius 1 is 0.422 bits per heavy atom. The molecule has 0 bridgehead atoms. The number of benzene rings is 7. The molecule has 0 fully saturated rings. The first kappa shape index (κ1) is 24.3. The van der Waals surface area contributed by atoms with Gasteiger partial charge < -0.3 is 0 Å². The summed E-state index contributed by atoms with van der Waals surface area (Å²) in [6, 6.07) is 49.1. The van der Waals surface area contributed by atoms with Crippen molar-refractivity contribution in [3.05, 3.63) is 146 Å². The van der Waals surface area contributed by atoms with Crippen molar-refractivity contribution in [3.63, 3.8) is 0 Å². The van der Waals surface area contributed by atoms with E-state index in [4.69, 9.17) is 15.0 Å². The van der Waals surface area contributed by atoms with Crippen LogP contribution in [0.15, 0.2) is 146 Å². The Morgan fingerprint density at radius 2 is 1.13 bits per heavy atom. The Bertz CT molecular complexity index is 2810. The number of nitrogens with zero attached hydrogens (tertiary/aromatic N) is 4. The molecule has 10 rings (SSSR count). The number of imidazole rings is 1. The molecule has 0 spiro atoms. The number of fused-ring (bicyclic) bond motifs is 13. The summed E-state index contributed by atoms with van der Waals surface area (Å²) in [7, 11) is 0. The number of hydrogen-bond donors (Lipinski definition) is 0. The van der Waals surface area contributed by atoms with Gasteiger partial charge in [0.1, 0.15) is 5.65 Å². The van der Waals surface area contributed by atoms with Gasteiger partial charge in [-0.05, 0) is 51.2 Å². The number of pyridine rings is 1.